The third kappa shape index (κ3) is 4.65. The molecule has 0 spiro atoms. The summed E-state index contributed by atoms with van der Waals surface area (Å²) >= 11 is 1.38. The number of imidazole rings is 1. The van der Waals surface area contributed by atoms with Gasteiger partial charge in [-0.15, -0.1) is 0 Å². The van der Waals surface area contributed by atoms with E-state index in [0.717, 1.165) is 33.6 Å². The monoisotopic (exact) mass is 459 g/mol. The van der Waals surface area contributed by atoms with E-state index in [0.29, 0.717) is 11.4 Å². The summed E-state index contributed by atoms with van der Waals surface area (Å²) in [6.45, 7) is 0.224. The van der Waals surface area contributed by atoms with Crippen LogP contribution in [0.4, 0.5) is 5.69 Å². The standard InChI is InChI=1S/C25H21N3O4S/c1-30-20-10-8-18(9-11-20)26-24(29)15-33-25-27-21(14-28(25)19-5-3-2-4-6-19)17-7-12-22-23(13-17)32-16-31-22/h2-14H,15-16H2,1H3,(H,26,29). The normalized spacial score (nSPS) is 11.9. The zero-order valence-electron chi connectivity index (χ0n) is 17.9. The second kappa shape index (κ2) is 9.30. The minimum absolute atomic E-state index is 0.114. The molecule has 33 heavy (non-hydrogen) atoms. The zero-order valence-corrected chi connectivity index (χ0v) is 18.7. The summed E-state index contributed by atoms with van der Waals surface area (Å²) in [5.74, 6) is 2.28. The van der Waals surface area contributed by atoms with Crippen LogP contribution in [0.1, 0.15) is 0 Å². The Labute approximate surface area is 195 Å². The van der Waals surface area contributed by atoms with Crippen LogP contribution in [0, 0.1) is 0 Å². The van der Waals surface area contributed by atoms with Crippen LogP contribution in [0.15, 0.2) is 84.1 Å². The average Bonchev–Trinajstić information content (AvgIpc) is 3.50. The molecule has 0 saturated heterocycles. The van der Waals surface area contributed by atoms with Gasteiger partial charge in [0.05, 0.1) is 18.6 Å². The molecule has 166 valence electrons. The summed E-state index contributed by atoms with van der Waals surface area (Å²) in [6.07, 6.45) is 1.97. The number of rotatable bonds is 7. The quantitative estimate of drug-likeness (QED) is 0.392. The van der Waals surface area contributed by atoms with Gasteiger partial charge in [-0.3, -0.25) is 9.36 Å². The third-order valence-corrected chi connectivity index (χ3v) is 6.04. The maximum Gasteiger partial charge on any atom is 0.234 e. The van der Waals surface area contributed by atoms with Gasteiger partial charge in [0.25, 0.3) is 0 Å². The fourth-order valence-electron chi connectivity index (χ4n) is 3.44. The number of ether oxygens (including phenoxy) is 3. The Morgan fingerprint density at radius 3 is 2.64 bits per heavy atom. The van der Waals surface area contributed by atoms with Crippen LogP contribution >= 0.6 is 11.8 Å². The molecule has 1 aliphatic heterocycles. The van der Waals surface area contributed by atoms with Crippen LogP contribution in [-0.2, 0) is 4.79 Å². The van der Waals surface area contributed by atoms with Crippen LogP contribution in [0.3, 0.4) is 0 Å². The Bertz CT molecular complexity index is 1270. The summed E-state index contributed by atoms with van der Waals surface area (Å²) in [5.41, 5.74) is 3.39. The fourth-order valence-corrected chi connectivity index (χ4v) is 4.23. The van der Waals surface area contributed by atoms with Crippen LogP contribution in [-0.4, -0.2) is 35.1 Å². The van der Waals surface area contributed by atoms with E-state index in [4.69, 9.17) is 19.2 Å². The van der Waals surface area contributed by atoms with E-state index in [1.807, 2.05) is 83.6 Å². The second-order valence-corrected chi connectivity index (χ2v) is 8.19. The molecule has 0 atom stereocenters. The average molecular weight is 460 g/mol. The predicted molar refractivity (Wildman–Crippen MR) is 127 cm³/mol. The highest BCUT2D eigenvalue weighted by Gasteiger charge is 2.18. The molecular weight excluding hydrogens is 438 g/mol. The first-order valence-corrected chi connectivity index (χ1v) is 11.3. The van der Waals surface area contributed by atoms with Crippen LogP contribution < -0.4 is 19.5 Å². The molecule has 1 amide bonds. The van der Waals surface area contributed by atoms with E-state index in [1.54, 1.807) is 7.11 Å². The van der Waals surface area contributed by atoms with Gasteiger partial charge in [-0.2, -0.15) is 0 Å². The number of hydrogen-bond acceptors (Lipinski definition) is 6. The largest absolute Gasteiger partial charge is 0.497 e. The second-order valence-electron chi connectivity index (χ2n) is 7.25. The third-order valence-electron chi connectivity index (χ3n) is 5.08. The smallest absolute Gasteiger partial charge is 0.234 e. The lowest BCUT2D eigenvalue weighted by molar-refractivity contribution is -0.113. The number of hydrogen-bond donors (Lipinski definition) is 1. The molecule has 2 heterocycles. The van der Waals surface area contributed by atoms with Crippen molar-refractivity contribution in [2.45, 2.75) is 5.16 Å². The number of methoxy groups -OCH3 is 1. The number of anilines is 1. The fraction of sp³-hybridized carbons (Fsp3) is 0.120. The van der Waals surface area contributed by atoms with Gasteiger partial charge in [-0.1, -0.05) is 30.0 Å². The Hall–Kier alpha value is -3.91. The highest BCUT2D eigenvalue weighted by Crippen LogP contribution is 2.36. The molecule has 0 fully saturated rings. The summed E-state index contributed by atoms with van der Waals surface area (Å²) in [4.78, 5) is 17.4. The number of carbonyl (C=O) groups excluding carboxylic acids is 1. The number of amides is 1. The van der Waals surface area contributed by atoms with Crippen molar-refractivity contribution >= 4 is 23.4 Å². The van der Waals surface area contributed by atoms with E-state index in [9.17, 15) is 4.79 Å². The van der Waals surface area contributed by atoms with E-state index < -0.39 is 0 Å². The van der Waals surface area contributed by atoms with Gasteiger partial charge in [0, 0.05) is 23.1 Å². The molecular formula is C25H21N3O4S. The van der Waals surface area contributed by atoms with Crippen LogP contribution in [0.2, 0.25) is 0 Å². The van der Waals surface area contributed by atoms with Crippen molar-refractivity contribution in [3.05, 3.63) is 79.0 Å². The Morgan fingerprint density at radius 2 is 1.85 bits per heavy atom. The minimum Gasteiger partial charge on any atom is -0.497 e. The molecule has 3 aromatic carbocycles. The summed E-state index contributed by atoms with van der Waals surface area (Å²) < 4.78 is 18.1. The molecule has 0 saturated carbocycles. The van der Waals surface area contributed by atoms with Crippen molar-refractivity contribution in [1.29, 1.82) is 0 Å². The summed E-state index contributed by atoms with van der Waals surface area (Å²) in [5, 5.41) is 3.63. The minimum atomic E-state index is -0.114. The first-order chi connectivity index (χ1) is 16.2. The summed E-state index contributed by atoms with van der Waals surface area (Å²) in [7, 11) is 1.61. The van der Waals surface area contributed by atoms with Crippen molar-refractivity contribution in [3.63, 3.8) is 0 Å². The first kappa shape index (κ1) is 21.0. The molecule has 0 bridgehead atoms. The SMILES string of the molecule is COc1ccc(NC(=O)CSc2nc(-c3ccc4c(c3)OCO4)cn2-c2ccccc2)cc1. The van der Waals surface area contributed by atoms with Crippen molar-refractivity contribution in [1.82, 2.24) is 9.55 Å². The molecule has 0 radical (unpaired) electrons. The molecule has 1 N–H and O–H groups in total. The number of fused-ring (bicyclic) bond motifs is 1. The number of thioether (sulfide) groups is 1. The molecule has 5 rings (SSSR count). The lowest BCUT2D eigenvalue weighted by Gasteiger charge is -2.08. The van der Waals surface area contributed by atoms with Crippen molar-refractivity contribution in [2.24, 2.45) is 0 Å². The Morgan fingerprint density at radius 1 is 1.06 bits per heavy atom. The molecule has 1 aromatic heterocycles. The van der Waals surface area contributed by atoms with E-state index in [2.05, 4.69) is 5.32 Å². The lowest BCUT2D eigenvalue weighted by atomic mass is 10.1. The van der Waals surface area contributed by atoms with Crippen molar-refractivity contribution in [3.8, 4) is 34.2 Å². The highest BCUT2D eigenvalue weighted by atomic mass is 32.2. The van der Waals surface area contributed by atoms with E-state index >= 15 is 0 Å². The van der Waals surface area contributed by atoms with Crippen LogP contribution in [0.25, 0.3) is 16.9 Å². The first-order valence-electron chi connectivity index (χ1n) is 10.3. The van der Waals surface area contributed by atoms with Gasteiger partial charge in [0.2, 0.25) is 12.7 Å². The predicted octanol–water partition coefficient (Wildman–Crippen LogP) is 5.01. The molecule has 7 nitrogen and oxygen atoms in total. The molecule has 0 unspecified atom stereocenters. The van der Waals surface area contributed by atoms with Gasteiger partial charge in [0.1, 0.15) is 5.75 Å². The number of carbonyl (C=O) groups is 1. The maximum absolute atomic E-state index is 12.6. The van der Waals surface area contributed by atoms with E-state index in [-0.39, 0.29) is 18.5 Å². The Balaban J connectivity index is 1.37. The van der Waals surface area contributed by atoms with Gasteiger partial charge in [-0.25, -0.2) is 4.98 Å². The number of aromatic nitrogens is 2. The summed E-state index contributed by atoms with van der Waals surface area (Å²) in [6, 6.07) is 22.9. The van der Waals surface area contributed by atoms with Crippen molar-refractivity contribution < 1.29 is 19.0 Å². The van der Waals surface area contributed by atoms with Gasteiger partial charge < -0.3 is 19.5 Å². The van der Waals surface area contributed by atoms with Crippen molar-refractivity contribution in [2.75, 3.05) is 25.0 Å². The highest BCUT2D eigenvalue weighted by molar-refractivity contribution is 7.99. The molecule has 1 aliphatic rings. The van der Waals surface area contributed by atoms with Crippen LogP contribution in [0.5, 0.6) is 17.2 Å². The molecule has 8 heteroatoms. The van der Waals surface area contributed by atoms with Gasteiger partial charge >= 0.3 is 0 Å². The number of nitrogens with zero attached hydrogens (tertiary/aromatic N) is 2. The lowest BCUT2D eigenvalue weighted by Crippen LogP contribution is -2.14. The van der Waals surface area contributed by atoms with E-state index in [1.165, 1.54) is 11.8 Å². The Kier molecular flexibility index (Phi) is 5.91. The molecule has 4 aromatic rings. The topological polar surface area (TPSA) is 74.6 Å². The number of benzene rings is 3. The number of nitrogens with one attached hydrogen (secondary N) is 1. The van der Waals surface area contributed by atoms with Gasteiger partial charge in [0.15, 0.2) is 16.7 Å². The molecule has 0 aliphatic carbocycles. The maximum atomic E-state index is 12.6. The van der Waals surface area contributed by atoms with Gasteiger partial charge in [-0.05, 0) is 54.6 Å². The number of para-hydroxylation sites is 1. The zero-order chi connectivity index (χ0) is 22.6.